The molecule has 0 spiro atoms. The molecule has 1 aromatic heterocycles. The minimum atomic E-state index is -4.31. The summed E-state index contributed by atoms with van der Waals surface area (Å²) < 4.78 is 38.5. The number of hydrogen-bond donors (Lipinski definition) is 2. The molecule has 2 N–H and O–H groups in total. The van der Waals surface area contributed by atoms with Gasteiger partial charge >= 0.3 is 6.18 Å². The maximum atomic E-state index is 12.8. The number of rotatable bonds is 7. The van der Waals surface area contributed by atoms with Crippen molar-refractivity contribution in [3.8, 4) is 0 Å². The molecule has 2 aromatic rings. The van der Waals surface area contributed by atoms with Gasteiger partial charge in [-0.1, -0.05) is 25.1 Å². The van der Waals surface area contributed by atoms with Gasteiger partial charge < -0.3 is 10.6 Å². The lowest BCUT2D eigenvalue weighted by atomic mass is 9.96. The second kappa shape index (κ2) is 11.6. The van der Waals surface area contributed by atoms with Crippen molar-refractivity contribution in [2.45, 2.75) is 38.8 Å². The van der Waals surface area contributed by atoms with Crippen molar-refractivity contribution in [3.63, 3.8) is 0 Å². The molecule has 0 aliphatic rings. The molecule has 0 radical (unpaired) electrons. The van der Waals surface area contributed by atoms with Crippen LogP contribution in [-0.2, 0) is 12.6 Å². The van der Waals surface area contributed by atoms with E-state index in [0.29, 0.717) is 24.5 Å². The van der Waals surface area contributed by atoms with Crippen LogP contribution >= 0.6 is 35.3 Å². The Kier molecular flexibility index (Phi) is 10.2. The molecule has 9 heteroatoms. The fraction of sp³-hybridized carbons (Fsp3) is 0.474. The number of nitrogens with one attached hydrogen (secondary N) is 2. The van der Waals surface area contributed by atoms with Crippen LogP contribution in [0.1, 0.15) is 40.3 Å². The van der Waals surface area contributed by atoms with Gasteiger partial charge in [-0.05, 0) is 30.9 Å². The molecule has 156 valence electrons. The quantitative estimate of drug-likeness (QED) is 0.304. The summed E-state index contributed by atoms with van der Waals surface area (Å²) >= 11 is 1.68. The van der Waals surface area contributed by atoms with Crippen molar-refractivity contribution in [3.05, 3.63) is 51.5 Å². The van der Waals surface area contributed by atoms with Gasteiger partial charge in [-0.2, -0.15) is 13.2 Å². The van der Waals surface area contributed by atoms with Gasteiger partial charge in [0, 0.05) is 37.6 Å². The normalized spacial score (nSPS) is 13.0. The predicted molar refractivity (Wildman–Crippen MR) is 120 cm³/mol. The van der Waals surface area contributed by atoms with Crippen molar-refractivity contribution < 1.29 is 13.2 Å². The van der Waals surface area contributed by atoms with E-state index in [-0.39, 0.29) is 29.9 Å². The van der Waals surface area contributed by atoms with Gasteiger partial charge in [-0.25, -0.2) is 4.98 Å². The zero-order valence-electron chi connectivity index (χ0n) is 16.1. The topological polar surface area (TPSA) is 49.3 Å². The van der Waals surface area contributed by atoms with E-state index in [1.165, 1.54) is 17.0 Å². The number of nitrogens with zero attached hydrogens (tertiary/aromatic N) is 2. The lowest BCUT2D eigenvalue weighted by molar-refractivity contribution is -0.137. The van der Waals surface area contributed by atoms with Gasteiger partial charge in [0.05, 0.1) is 10.6 Å². The minimum absolute atomic E-state index is 0. The molecule has 0 saturated heterocycles. The Hall–Kier alpha value is -1.36. The van der Waals surface area contributed by atoms with Crippen LogP contribution < -0.4 is 10.6 Å². The van der Waals surface area contributed by atoms with E-state index in [1.807, 2.05) is 20.0 Å². The third kappa shape index (κ3) is 7.94. The molecule has 0 aliphatic heterocycles. The van der Waals surface area contributed by atoms with Gasteiger partial charge in [-0.3, -0.25) is 4.99 Å². The van der Waals surface area contributed by atoms with Crippen LogP contribution in [0.25, 0.3) is 0 Å². The fourth-order valence-corrected chi connectivity index (χ4v) is 3.41. The van der Waals surface area contributed by atoms with Crippen LogP contribution in [0.2, 0.25) is 0 Å². The maximum absolute atomic E-state index is 12.8. The minimum Gasteiger partial charge on any atom is -0.356 e. The van der Waals surface area contributed by atoms with Crippen LogP contribution in [0, 0.1) is 6.92 Å². The van der Waals surface area contributed by atoms with Crippen LogP contribution in [0.5, 0.6) is 0 Å². The van der Waals surface area contributed by atoms with Crippen LogP contribution in [0.15, 0.2) is 35.5 Å². The molecule has 4 nitrogen and oxygen atoms in total. The Balaban J connectivity index is 0.00000392. The third-order valence-corrected chi connectivity index (χ3v) is 5.15. The third-order valence-electron chi connectivity index (χ3n) is 4.18. The van der Waals surface area contributed by atoms with E-state index in [9.17, 15) is 13.2 Å². The summed E-state index contributed by atoms with van der Waals surface area (Å²) in [6.45, 7) is 5.29. The van der Waals surface area contributed by atoms with Crippen LogP contribution in [-0.4, -0.2) is 31.1 Å². The monoisotopic (exact) mass is 526 g/mol. The van der Waals surface area contributed by atoms with Gasteiger partial charge in [0.1, 0.15) is 0 Å². The first-order valence-corrected chi connectivity index (χ1v) is 9.64. The van der Waals surface area contributed by atoms with Gasteiger partial charge in [-0.15, -0.1) is 35.3 Å². The molecule has 0 bridgehead atoms. The highest BCUT2D eigenvalue weighted by Crippen LogP contribution is 2.31. The van der Waals surface area contributed by atoms with Crippen molar-refractivity contribution >= 4 is 41.3 Å². The second-order valence-electron chi connectivity index (χ2n) is 6.35. The summed E-state index contributed by atoms with van der Waals surface area (Å²) in [7, 11) is 1.69. The summed E-state index contributed by atoms with van der Waals surface area (Å²) in [5.41, 5.74) is 0.0865. The number of benzene rings is 1. The van der Waals surface area contributed by atoms with Gasteiger partial charge in [0.2, 0.25) is 0 Å². The summed E-state index contributed by atoms with van der Waals surface area (Å²) in [6.07, 6.45) is -0.925. The molecule has 1 unspecified atom stereocenters. The number of halogens is 4. The van der Waals surface area contributed by atoms with E-state index in [4.69, 9.17) is 0 Å². The molecule has 0 fully saturated rings. The number of alkyl halides is 3. The summed E-state index contributed by atoms with van der Waals surface area (Å²) in [6, 6.07) is 5.53. The largest absolute Gasteiger partial charge is 0.416 e. The molecule has 28 heavy (non-hydrogen) atoms. The van der Waals surface area contributed by atoms with Crippen LogP contribution in [0.4, 0.5) is 13.2 Å². The molecule has 2 rings (SSSR count). The molecule has 0 aliphatic carbocycles. The maximum Gasteiger partial charge on any atom is 0.416 e. The van der Waals surface area contributed by atoms with E-state index < -0.39 is 11.7 Å². The summed E-state index contributed by atoms with van der Waals surface area (Å²) in [4.78, 5) is 9.68. The zero-order chi connectivity index (χ0) is 19.9. The molecular weight excluding hydrogens is 500 g/mol. The highest BCUT2D eigenvalue weighted by molar-refractivity contribution is 14.0. The number of hydrogen-bond acceptors (Lipinski definition) is 3. The average Bonchev–Trinajstić information content (AvgIpc) is 3.04. The smallest absolute Gasteiger partial charge is 0.356 e. The molecule has 1 heterocycles. The fourth-order valence-electron chi connectivity index (χ4n) is 2.62. The lowest BCUT2D eigenvalue weighted by Crippen LogP contribution is -2.39. The molecule has 0 amide bonds. The van der Waals surface area contributed by atoms with Gasteiger partial charge in [0.25, 0.3) is 0 Å². The predicted octanol–water partition coefficient (Wildman–Crippen LogP) is 4.99. The van der Waals surface area contributed by atoms with Crippen LogP contribution in [0.3, 0.4) is 0 Å². The van der Waals surface area contributed by atoms with Crippen molar-refractivity contribution in [2.75, 3.05) is 20.1 Å². The first-order chi connectivity index (χ1) is 12.8. The second-order valence-corrected chi connectivity index (χ2v) is 7.67. The average molecular weight is 526 g/mol. The highest BCUT2D eigenvalue weighted by atomic mass is 127. The Labute approximate surface area is 185 Å². The molecular formula is C19H26F3IN4S. The Morgan fingerprint density at radius 2 is 1.96 bits per heavy atom. The summed E-state index contributed by atoms with van der Waals surface area (Å²) in [5, 5.41) is 7.51. The van der Waals surface area contributed by atoms with E-state index in [0.717, 1.165) is 24.0 Å². The first kappa shape index (κ1) is 24.7. The van der Waals surface area contributed by atoms with Crippen molar-refractivity contribution in [1.29, 1.82) is 0 Å². The summed E-state index contributed by atoms with van der Waals surface area (Å²) in [5.74, 6) is 0.690. The van der Waals surface area contributed by atoms with E-state index in [2.05, 4.69) is 20.6 Å². The molecule has 1 atom stereocenters. The number of thiazole rings is 1. The highest BCUT2D eigenvalue weighted by Gasteiger charge is 2.30. The van der Waals surface area contributed by atoms with E-state index in [1.54, 1.807) is 24.5 Å². The first-order valence-electron chi connectivity index (χ1n) is 8.82. The Morgan fingerprint density at radius 3 is 2.57 bits per heavy atom. The standard InChI is InChI=1S/C19H25F3N4S.HI/c1-13(15-5-4-6-16(11-15)19(20,21)22)7-9-24-18(23-3)25-10-8-17-26-12-14(2)27-17;/h4-6,11-13H,7-10H2,1-3H3,(H2,23,24,25);1H. The number of aliphatic imine (C=N–C) groups is 1. The van der Waals surface area contributed by atoms with Crippen molar-refractivity contribution in [1.82, 2.24) is 15.6 Å². The molecule has 0 saturated carbocycles. The number of aryl methyl sites for hydroxylation is 1. The zero-order valence-corrected chi connectivity index (χ0v) is 19.3. The van der Waals surface area contributed by atoms with Crippen molar-refractivity contribution in [2.24, 2.45) is 4.99 Å². The lowest BCUT2D eigenvalue weighted by Gasteiger charge is -2.16. The number of guanidine groups is 1. The SMILES string of the molecule is CN=C(NCCc1ncc(C)s1)NCCC(C)c1cccc(C(F)(F)F)c1.I. The van der Waals surface area contributed by atoms with E-state index >= 15 is 0 Å². The Bertz CT molecular complexity index is 762. The number of aromatic nitrogens is 1. The molecule has 1 aromatic carbocycles. The Morgan fingerprint density at radius 1 is 1.25 bits per heavy atom. The van der Waals surface area contributed by atoms with Gasteiger partial charge in [0.15, 0.2) is 5.96 Å².